The van der Waals surface area contributed by atoms with Gasteiger partial charge in [-0.3, -0.25) is 0 Å². The van der Waals surface area contributed by atoms with Gasteiger partial charge in [-0.1, -0.05) is 0 Å². The smallest absolute Gasteiger partial charge is 0.408 e. The molecular weight excluding hydrogens is 208 g/mol. The van der Waals surface area contributed by atoms with E-state index in [-0.39, 0.29) is 5.54 Å². The fourth-order valence-electron chi connectivity index (χ4n) is 1.66. The van der Waals surface area contributed by atoms with Crippen molar-refractivity contribution in [1.82, 2.24) is 5.32 Å². The Bertz CT molecular complexity index is 242. The van der Waals surface area contributed by atoms with E-state index in [2.05, 4.69) is 5.32 Å². The van der Waals surface area contributed by atoms with Crippen molar-refractivity contribution in [1.29, 1.82) is 0 Å². The van der Waals surface area contributed by atoms with E-state index in [1.807, 2.05) is 20.8 Å². The van der Waals surface area contributed by atoms with Gasteiger partial charge in [-0.2, -0.15) is 0 Å². The normalized spacial score (nSPS) is 20.2. The van der Waals surface area contributed by atoms with Crippen molar-refractivity contribution in [2.45, 2.75) is 44.8 Å². The van der Waals surface area contributed by atoms with Crippen molar-refractivity contribution < 1.29 is 14.3 Å². The summed E-state index contributed by atoms with van der Waals surface area (Å²) < 4.78 is 10.5. The standard InChI is InChI=1S/C11H22N2O3/c1-10(2,3)16-9(14)13-11(8-12)4-6-15-7-5-11/h4-8,12H2,1-3H3,(H,13,14). The van der Waals surface area contributed by atoms with Crippen molar-refractivity contribution in [3.63, 3.8) is 0 Å². The van der Waals surface area contributed by atoms with Crippen molar-refractivity contribution in [3.8, 4) is 0 Å². The Morgan fingerprint density at radius 3 is 2.44 bits per heavy atom. The lowest BCUT2D eigenvalue weighted by atomic mass is 9.90. The van der Waals surface area contributed by atoms with Gasteiger partial charge in [0.2, 0.25) is 0 Å². The van der Waals surface area contributed by atoms with Gasteiger partial charge in [-0.15, -0.1) is 0 Å². The van der Waals surface area contributed by atoms with Crippen molar-refractivity contribution in [2.75, 3.05) is 19.8 Å². The third-order valence-electron chi connectivity index (χ3n) is 2.61. The first kappa shape index (κ1) is 13.3. The second-order valence-electron chi connectivity index (χ2n) is 5.22. The average molecular weight is 230 g/mol. The van der Waals surface area contributed by atoms with Crippen LogP contribution in [-0.2, 0) is 9.47 Å². The van der Waals surface area contributed by atoms with Crippen LogP contribution in [0.5, 0.6) is 0 Å². The highest BCUT2D eigenvalue weighted by Crippen LogP contribution is 2.20. The molecule has 1 heterocycles. The summed E-state index contributed by atoms with van der Waals surface area (Å²) in [5.74, 6) is 0. The minimum absolute atomic E-state index is 0.361. The van der Waals surface area contributed by atoms with Gasteiger partial charge in [0.25, 0.3) is 0 Å². The molecule has 5 heteroatoms. The van der Waals surface area contributed by atoms with Crippen LogP contribution in [0.2, 0.25) is 0 Å². The summed E-state index contributed by atoms with van der Waals surface area (Å²) in [4.78, 5) is 11.7. The molecule has 0 unspecified atom stereocenters. The number of alkyl carbamates (subject to hydrolysis) is 1. The molecular formula is C11H22N2O3. The number of hydrogen-bond donors (Lipinski definition) is 2. The van der Waals surface area contributed by atoms with Gasteiger partial charge in [0.1, 0.15) is 5.60 Å². The Labute approximate surface area is 96.7 Å². The Kier molecular flexibility index (Phi) is 4.15. The fraction of sp³-hybridized carbons (Fsp3) is 0.909. The third-order valence-corrected chi connectivity index (χ3v) is 2.61. The number of carbonyl (C=O) groups is 1. The number of carbonyl (C=O) groups excluding carboxylic acids is 1. The van der Waals surface area contributed by atoms with Gasteiger partial charge in [-0.25, -0.2) is 4.79 Å². The molecule has 3 N–H and O–H groups in total. The lowest BCUT2D eigenvalue weighted by Crippen LogP contribution is -2.57. The number of rotatable bonds is 2. The van der Waals surface area contributed by atoms with Gasteiger partial charge < -0.3 is 20.5 Å². The van der Waals surface area contributed by atoms with E-state index >= 15 is 0 Å². The van der Waals surface area contributed by atoms with Crippen LogP contribution >= 0.6 is 0 Å². The molecule has 0 atom stereocenters. The Morgan fingerprint density at radius 2 is 2.00 bits per heavy atom. The second kappa shape index (κ2) is 5.01. The van der Waals surface area contributed by atoms with Crippen LogP contribution in [0.4, 0.5) is 4.79 Å². The molecule has 1 saturated heterocycles. The molecule has 1 aliphatic heterocycles. The average Bonchev–Trinajstić information content (AvgIpc) is 2.16. The van der Waals surface area contributed by atoms with Crippen molar-refractivity contribution >= 4 is 6.09 Å². The maximum absolute atomic E-state index is 11.7. The van der Waals surface area contributed by atoms with E-state index < -0.39 is 11.7 Å². The molecule has 0 aromatic heterocycles. The minimum Gasteiger partial charge on any atom is -0.444 e. The van der Waals surface area contributed by atoms with Crippen LogP contribution in [0.15, 0.2) is 0 Å². The van der Waals surface area contributed by atoms with Crippen LogP contribution < -0.4 is 11.1 Å². The fourth-order valence-corrected chi connectivity index (χ4v) is 1.66. The predicted octanol–water partition coefficient (Wildman–Crippen LogP) is 1.02. The van der Waals surface area contributed by atoms with Crippen molar-refractivity contribution in [2.24, 2.45) is 5.73 Å². The predicted molar refractivity (Wildman–Crippen MR) is 61.2 cm³/mol. The summed E-state index contributed by atoms with van der Waals surface area (Å²) in [5.41, 5.74) is 4.88. The summed E-state index contributed by atoms with van der Waals surface area (Å²) in [6.07, 6.45) is 1.07. The van der Waals surface area contributed by atoms with Gasteiger partial charge >= 0.3 is 6.09 Å². The molecule has 0 saturated carbocycles. The molecule has 0 aromatic carbocycles. The van der Waals surface area contributed by atoms with Crippen molar-refractivity contribution in [3.05, 3.63) is 0 Å². The zero-order valence-corrected chi connectivity index (χ0v) is 10.3. The second-order valence-corrected chi connectivity index (χ2v) is 5.22. The molecule has 0 aliphatic carbocycles. The zero-order valence-electron chi connectivity index (χ0n) is 10.3. The van der Waals surface area contributed by atoms with Crippen LogP contribution in [0.25, 0.3) is 0 Å². The van der Waals surface area contributed by atoms with Crippen LogP contribution in [0.1, 0.15) is 33.6 Å². The minimum atomic E-state index is -0.481. The lowest BCUT2D eigenvalue weighted by molar-refractivity contribution is 0.0193. The van der Waals surface area contributed by atoms with Gasteiger partial charge in [0, 0.05) is 19.8 Å². The zero-order chi connectivity index (χ0) is 12.2. The molecule has 0 bridgehead atoms. The molecule has 1 aliphatic rings. The van der Waals surface area contributed by atoms with Gasteiger partial charge in [0.05, 0.1) is 5.54 Å². The Balaban J connectivity index is 2.52. The lowest BCUT2D eigenvalue weighted by Gasteiger charge is -2.37. The Morgan fingerprint density at radius 1 is 1.44 bits per heavy atom. The van der Waals surface area contributed by atoms with Gasteiger partial charge in [0.15, 0.2) is 0 Å². The number of nitrogens with two attached hydrogens (primary N) is 1. The highest BCUT2D eigenvalue weighted by atomic mass is 16.6. The maximum atomic E-state index is 11.7. The molecule has 5 nitrogen and oxygen atoms in total. The topological polar surface area (TPSA) is 73.6 Å². The summed E-state index contributed by atoms with van der Waals surface area (Å²) >= 11 is 0. The number of hydrogen-bond acceptors (Lipinski definition) is 4. The summed E-state index contributed by atoms with van der Waals surface area (Å²) in [6, 6.07) is 0. The number of ether oxygens (including phenoxy) is 2. The third kappa shape index (κ3) is 3.98. The van der Waals surface area contributed by atoms with E-state index in [0.717, 1.165) is 12.8 Å². The van der Waals surface area contributed by atoms with E-state index in [1.54, 1.807) is 0 Å². The first-order valence-corrected chi connectivity index (χ1v) is 5.66. The Hall–Kier alpha value is -0.810. The molecule has 1 fully saturated rings. The quantitative estimate of drug-likeness (QED) is 0.742. The van der Waals surface area contributed by atoms with E-state index in [9.17, 15) is 4.79 Å². The highest BCUT2D eigenvalue weighted by Gasteiger charge is 2.34. The van der Waals surface area contributed by atoms with Crippen LogP contribution in [0, 0.1) is 0 Å². The molecule has 16 heavy (non-hydrogen) atoms. The first-order chi connectivity index (χ1) is 7.37. The molecule has 0 aromatic rings. The molecule has 1 rings (SSSR count). The SMILES string of the molecule is CC(C)(C)OC(=O)NC1(CN)CCOCC1. The van der Waals surface area contributed by atoms with Gasteiger partial charge in [-0.05, 0) is 33.6 Å². The van der Waals surface area contributed by atoms with E-state index in [0.29, 0.717) is 19.8 Å². The molecule has 0 spiro atoms. The number of amides is 1. The summed E-state index contributed by atoms with van der Waals surface area (Å²) in [5, 5.41) is 2.87. The molecule has 1 amide bonds. The number of nitrogens with one attached hydrogen (secondary N) is 1. The largest absolute Gasteiger partial charge is 0.444 e. The maximum Gasteiger partial charge on any atom is 0.408 e. The monoisotopic (exact) mass is 230 g/mol. The first-order valence-electron chi connectivity index (χ1n) is 5.66. The molecule has 94 valence electrons. The van der Waals surface area contributed by atoms with E-state index in [4.69, 9.17) is 15.2 Å². The van der Waals surface area contributed by atoms with Crippen LogP contribution in [0.3, 0.4) is 0 Å². The summed E-state index contributed by atoms with van der Waals surface area (Å²) in [6.45, 7) is 7.19. The van der Waals surface area contributed by atoms with Crippen LogP contribution in [-0.4, -0.2) is 37.0 Å². The highest BCUT2D eigenvalue weighted by molar-refractivity contribution is 5.68. The van der Waals surface area contributed by atoms with E-state index in [1.165, 1.54) is 0 Å². The summed E-state index contributed by atoms with van der Waals surface area (Å²) in [7, 11) is 0. The molecule has 0 radical (unpaired) electrons.